The summed E-state index contributed by atoms with van der Waals surface area (Å²) in [6, 6.07) is 10.5. The lowest BCUT2D eigenvalue weighted by atomic mass is 10.1. The van der Waals surface area contributed by atoms with Gasteiger partial charge in [0.25, 0.3) is 5.91 Å². The lowest BCUT2D eigenvalue weighted by Crippen LogP contribution is -2.35. The first-order chi connectivity index (χ1) is 12.9. The van der Waals surface area contributed by atoms with Crippen molar-refractivity contribution in [1.82, 2.24) is 19.9 Å². The number of alkyl halides is 3. The Morgan fingerprint density at radius 3 is 2.70 bits per heavy atom. The third-order valence-corrected chi connectivity index (χ3v) is 4.46. The molecule has 0 spiro atoms. The second-order valence-electron chi connectivity index (χ2n) is 6.28. The molecular weight excluding hydrogens is 357 g/mol. The van der Waals surface area contributed by atoms with E-state index in [0.29, 0.717) is 35.7 Å². The number of carbonyl (C=O) groups excluding carboxylic acids is 1. The molecule has 0 atom stereocenters. The fourth-order valence-corrected chi connectivity index (χ4v) is 3.20. The SMILES string of the molecule is O=C1NCCn2c1ccc2-c1cc(Cc2cccc(C(F)(F)F)c2)ncn1. The summed E-state index contributed by atoms with van der Waals surface area (Å²) in [7, 11) is 0. The van der Waals surface area contributed by atoms with E-state index in [1.807, 2.05) is 10.6 Å². The van der Waals surface area contributed by atoms with E-state index in [1.165, 1.54) is 12.4 Å². The third kappa shape index (κ3) is 3.42. The van der Waals surface area contributed by atoms with E-state index in [9.17, 15) is 18.0 Å². The predicted octanol–water partition coefficient (Wildman–Crippen LogP) is 3.30. The van der Waals surface area contributed by atoms with E-state index in [-0.39, 0.29) is 12.3 Å². The van der Waals surface area contributed by atoms with E-state index >= 15 is 0 Å². The molecule has 3 heterocycles. The second kappa shape index (κ2) is 6.53. The van der Waals surface area contributed by atoms with Gasteiger partial charge < -0.3 is 9.88 Å². The molecule has 0 radical (unpaired) electrons. The molecule has 0 saturated carbocycles. The molecule has 27 heavy (non-hydrogen) atoms. The van der Waals surface area contributed by atoms with Gasteiger partial charge in [0.15, 0.2) is 0 Å². The molecule has 4 rings (SSSR count). The number of carbonyl (C=O) groups is 1. The summed E-state index contributed by atoms with van der Waals surface area (Å²) in [5.74, 6) is -0.134. The molecule has 1 N–H and O–H groups in total. The number of rotatable bonds is 3. The number of nitrogens with zero attached hydrogens (tertiary/aromatic N) is 3. The first-order valence-corrected chi connectivity index (χ1v) is 8.37. The number of amides is 1. The maximum Gasteiger partial charge on any atom is 0.416 e. The van der Waals surface area contributed by atoms with E-state index in [1.54, 1.807) is 18.2 Å². The number of hydrogen-bond donors (Lipinski definition) is 1. The van der Waals surface area contributed by atoms with Crippen LogP contribution in [-0.2, 0) is 19.1 Å². The van der Waals surface area contributed by atoms with Crippen LogP contribution in [0.5, 0.6) is 0 Å². The van der Waals surface area contributed by atoms with E-state index < -0.39 is 11.7 Å². The summed E-state index contributed by atoms with van der Waals surface area (Å²) in [6.07, 6.45) is -2.73. The molecule has 3 aromatic rings. The number of nitrogens with one attached hydrogen (secondary N) is 1. The molecule has 0 unspecified atom stereocenters. The standard InChI is InChI=1S/C19H15F3N4O/c20-19(21,22)13-3-1-2-12(8-13)9-14-10-15(25-11-24-14)16-4-5-17-18(27)23-6-7-26(16)17/h1-5,8,10-11H,6-7,9H2,(H,23,27). The van der Waals surface area contributed by atoms with E-state index in [2.05, 4.69) is 15.3 Å². The van der Waals surface area contributed by atoms with Gasteiger partial charge >= 0.3 is 6.18 Å². The van der Waals surface area contributed by atoms with Crippen molar-refractivity contribution in [3.05, 3.63) is 71.3 Å². The summed E-state index contributed by atoms with van der Waals surface area (Å²) in [4.78, 5) is 20.3. The second-order valence-corrected chi connectivity index (χ2v) is 6.28. The Morgan fingerprint density at radius 1 is 1.07 bits per heavy atom. The summed E-state index contributed by atoms with van der Waals surface area (Å²) >= 11 is 0. The molecule has 138 valence electrons. The first-order valence-electron chi connectivity index (χ1n) is 8.37. The molecule has 5 nitrogen and oxygen atoms in total. The van der Waals surface area contributed by atoms with Gasteiger partial charge in [-0.2, -0.15) is 13.2 Å². The molecule has 0 fully saturated rings. The molecule has 1 amide bonds. The van der Waals surface area contributed by atoms with Crippen LogP contribution in [-0.4, -0.2) is 27.0 Å². The minimum atomic E-state index is -4.38. The zero-order chi connectivity index (χ0) is 19.0. The highest BCUT2D eigenvalue weighted by atomic mass is 19.4. The van der Waals surface area contributed by atoms with Gasteiger partial charge in [-0.05, 0) is 29.8 Å². The maximum absolute atomic E-state index is 12.9. The lowest BCUT2D eigenvalue weighted by molar-refractivity contribution is -0.137. The summed E-state index contributed by atoms with van der Waals surface area (Å²) in [5.41, 5.74) is 2.43. The van der Waals surface area contributed by atoms with Crippen LogP contribution in [0.15, 0.2) is 48.8 Å². The van der Waals surface area contributed by atoms with E-state index in [0.717, 1.165) is 17.8 Å². The minimum Gasteiger partial charge on any atom is -0.349 e. The normalized spacial score (nSPS) is 14.0. The van der Waals surface area contributed by atoms with Gasteiger partial charge in [-0.25, -0.2) is 9.97 Å². The lowest BCUT2D eigenvalue weighted by Gasteiger charge is -2.18. The fourth-order valence-electron chi connectivity index (χ4n) is 3.20. The Bertz CT molecular complexity index is 1010. The molecular formula is C19H15F3N4O. The van der Waals surface area contributed by atoms with Crippen molar-refractivity contribution in [2.24, 2.45) is 0 Å². The first kappa shape index (κ1) is 17.3. The average Bonchev–Trinajstić information content (AvgIpc) is 3.07. The van der Waals surface area contributed by atoms with Crippen LogP contribution in [0.1, 0.15) is 27.3 Å². The summed E-state index contributed by atoms with van der Waals surface area (Å²) in [5, 5.41) is 2.78. The van der Waals surface area contributed by atoms with Gasteiger partial charge in [0.05, 0.1) is 17.0 Å². The van der Waals surface area contributed by atoms with Gasteiger partial charge in [-0.3, -0.25) is 4.79 Å². The number of halogens is 3. The van der Waals surface area contributed by atoms with Gasteiger partial charge in [0, 0.05) is 25.2 Å². The summed E-state index contributed by atoms with van der Waals surface area (Å²) < 4.78 is 40.5. The Balaban J connectivity index is 1.64. The van der Waals surface area contributed by atoms with Crippen molar-refractivity contribution in [2.45, 2.75) is 19.1 Å². The van der Waals surface area contributed by atoms with Gasteiger partial charge in [0.2, 0.25) is 0 Å². The monoisotopic (exact) mass is 372 g/mol. The van der Waals surface area contributed by atoms with Crippen LogP contribution in [0.4, 0.5) is 13.2 Å². The molecule has 0 saturated heterocycles. The maximum atomic E-state index is 12.9. The molecule has 8 heteroatoms. The van der Waals surface area contributed by atoms with Crippen molar-refractivity contribution in [1.29, 1.82) is 0 Å². The third-order valence-electron chi connectivity index (χ3n) is 4.46. The molecule has 2 aromatic heterocycles. The van der Waals surface area contributed by atoms with Crippen molar-refractivity contribution in [3.63, 3.8) is 0 Å². The van der Waals surface area contributed by atoms with Crippen molar-refractivity contribution in [3.8, 4) is 11.4 Å². The largest absolute Gasteiger partial charge is 0.416 e. The average molecular weight is 372 g/mol. The van der Waals surface area contributed by atoms with Crippen molar-refractivity contribution >= 4 is 5.91 Å². The Labute approximate surface area is 152 Å². The molecule has 1 aliphatic heterocycles. The zero-order valence-electron chi connectivity index (χ0n) is 14.1. The van der Waals surface area contributed by atoms with Crippen LogP contribution in [0.3, 0.4) is 0 Å². The number of hydrogen-bond acceptors (Lipinski definition) is 3. The minimum absolute atomic E-state index is 0.134. The number of fused-ring (bicyclic) bond motifs is 1. The van der Waals surface area contributed by atoms with Crippen LogP contribution in [0.2, 0.25) is 0 Å². The van der Waals surface area contributed by atoms with Crippen molar-refractivity contribution in [2.75, 3.05) is 6.54 Å². The zero-order valence-corrected chi connectivity index (χ0v) is 14.1. The van der Waals surface area contributed by atoms with Crippen LogP contribution >= 0.6 is 0 Å². The smallest absolute Gasteiger partial charge is 0.349 e. The molecule has 0 bridgehead atoms. The molecule has 1 aliphatic rings. The van der Waals surface area contributed by atoms with Gasteiger partial charge in [0.1, 0.15) is 12.0 Å². The van der Waals surface area contributed by atoms with Crippen LogP contribution in [0.25, 0.3) is 11.4 Å². The topological polar surface area (TPSA) is 59.8 Å². The number of aromatic nitrogens is 3. The Kier molecular flexibility index (Phi) is 4.18. The summed E-state index contributed by atoms with van der Waals surface area (Å²) in [6.45, 7) is 1.17. The predicted molar refractivity (Wildman–Crippen MR) is 92.0 cm³/mol. The van der Waals surface area contributed by atoms with Gasteiger partial charge in [-0.1, -0.05) is 18.2 Å². The Morgan fingerprint density at radius 2 is 1.89 bits per heavy atom. The van der Waals surface area contributed by atoms with Crippen LogP contribution in [0, 0.1) is 0 Å². The fraction of sp³-hybridized carbons (Fsp3) is 0.211. The highest BCUT2D eigenvalue weighted by Crippen LogP contribution is 2.30. The highest BCUT2D eigenvalue weighted by Gasteiger charge is 2.30. The number of benzene rings is 1. The molecule has 0 aliphatic carbocycles. The quantitative estimate of drug-likeness (QED) is 0.768. The van der Waals surface area contributed by atoms with Gasteiger partial charge in [-0.15, -0.1) is 0 Å². The van der Waals surface area contributed by atoms with Crippen LogP contribution < -0.4 is 5.32 Å². The highest BCUT2D eigenvalue weighted by molar-refractivity contribution is 5.94. The van der Waals surface area contributed by atoms with Crippen molar-refractivity contribution < 1.29 is 18.0 Å². The van der Waals surface area contributed by atoms with E-state index in [4.69, 9.17) is 0 Å². The molecule has 1 aromatic carbocycles. The Hall–Kier alpha value is -3.16.